The average Bonchev–Trinajstić information content (AvgIpc) is 3.44. The van der Waals surface area contributed by atoms with Crippen LogP contribution in [0.2, 0.25) is 0 Å². The maximum atomic E-state index is 12.9. The van der Waals surface area contributed by atoms with E-state index in [1.807, 2.05) is 0 Å². The summed E-state index contributed by atoms with van der Waals surface area (Å²) in [7, 11) is 0. The molecule has 0 aromatic carbocycles. The van der Waals surface area contributed by atoms with Crippen LogP contribution in [0.15, 0.2) is 97.2 Å². The van der Waals surface area contributed by atoms with E-state index in [2.05, 4.69) is 118 Å². The lowest BCUT2D eigenvalue weighted by atomic mass is 10.0. The highest BCUT2D eigenvalue weighted by atomic mass is 16.6. The van der Waals surface area contributed by atoms with Gasteiger partial charge < -0.3 is 14.2 Å². The molecule has 0 saturated heterocycles. The SMILES string of the molecule is CC/C=C\C/C=C\C/C=C\C/C=C\C/C=C\CCCC(=O)OC(COC(=O)CCCCCCCCC/C=C\C/C=C\C/C=C\CC)COC(=O)CCCCCCCCCCCCCCCCCCCCCCCCCCCC. The number of carbonyl (C=O) groups is 3. The first kappa shape index (κ1) is 74.3. The van der Waals surface area contributed by atoms with Crippen molar-refractivity contribution in [2.24, 2.45) is 0 Å². The van der Waals surface area contributed by atoms with Crippen LogP contribution < -0.4 is 0 Å². The fourth-order valence-corrected chi connectivity index (χ4v) is 9.44. The average molecular weight is 1090 g/mol. The molecule has 0 radical (unpaired) electrons. The minimum Gasteiger partial charge on any atom is -0.462 e. The third kappa shape index (κ3) is 63.2. The third-order valence-corrected chi connectivity index (χ3v) is 14.3. The van der Waals surface area contributed by atoms with Crippen molar-refractivity contribution >= 4 is 17.9 Å². The van der Waals surface area contributed by atoms with E-state index in [0.29, 0.717) is 19.3 Å². The fourth-order valence-electron chi connectivity index (χ4n) is 9.44. The van der Waals surface area contributed by atoms with Gasteiger partial charge in [-0.3, -0.25) is 14.4 Å². The molecule has 78 heavy (non-hydrogen) atoms. The monoisotopic (exact) mass is 1080 g/mol. The first-order chi connectivity index (χ1) is 38.5. The second-order valence-electron chi connectivity index (χ2n) is 22.0. The summed E-state index contributed by atoms with van der Waals surface area (Å²) < 4.78 is 16.9. The molecule has 0 aliphatic carbocycles. The van der Waals surface area contributed by atoms with Crippen molar-refractivity contribution in [3.8, 4) is 0 Å². The van der Waals surface area contributed by atoms with Crippen molar-refractivity contribution in [1.82, 2.24) is 0 Å². The van der Waals surface area contributed by atoms with Crippen LogP contribution in [-0.2, 0) is 28.6 Å². The number of esters is 3. The summed E-state index contributed by atoms with van der Waals surface area (Å²) >= 11 is 0. The predicted molar refractivity (Wildman–Crippen MR) is 339 cm³/mol. The largest absolute Gasteiger partial charge is 0.462 e. The summed E-state index contributed by atoms with van der Waals surface area (Å²) in [4.78, 5) is 38.3. The maximum Gasteiger partial charge on any atom is 0.306 e. The van der Waals surface area contributed by atoms with Crippen LogP contribution in [0.3, 0.4) is 0 Å². The normalized spacial score (nSPS) is 12.7. The maximum absolute atomic E-state index is 12.9. The Bertz CT molecular complexity index is 1530. The van der Waals surface area contributed by atoms with E-state index < -0.39 is 6.10 Å². The Balaban J connectivity index is 4.35. The van der Waals surface area contributed by atoms with Crippen LogP contribution in [0.1, 0.15) is 323 Å². The lowest BCUT2D eigenvalue weighted by Gasteiger charge is -2.18. The minimum absolute atomic E-state index is 0.101. The molecule has 0 aliphatic heterocycles. The van der Waals surface area contributed by atoms with Crippen molar-refractivity contribution in [2.75, 3.05) is 13.2 Å². The first-order valence-electron chi connectivity index (χ1n) is 33.2. The van der Waals surface area contributed by atoms with Gasteiger partial charge in [0.25, 0.3) is 0 Å². The molecule has 0 bridgehead atoms. The Kier molecular flexibility index (Phi) is 62.7. The predicted octanol–water partition coefficient (Wildman–Crippen LogP) is 22.8. The first-order valence-corrected chi connectivity index (χ1v) is 33.2. The van der Waals surface area contributed by atoms with Gasteiger partial charge in [0.2, 0.25) is 0 Å². The number of rotatable bonds is 60. The van der Waals surface area contributed by atoms with Crippen LogP contribution >= 0.6 is 0 Å². The number of hydrogen-bond acceptors (Lipinski definition) is 6. The molecule has 1 atom stereocenters. The fraction of sp³-hybridized carbons (Fsp3) is 0.736. The smallest absolute Gasteiger partial charge is 0.306 e. The van der Waals surface area contributed by atoms with Crippen LogP contribution in [0, 0.1) is 0 Å². The Labute approximate surface area is 483 Å². The summed E-state index contributed by atoms with van der Waals surface area (Å²) in [6.07, 6.45) is 88.7. The Morgan fingerprint density at radius 1 is 0.269 bits per heavy atom. The van der Waals surface area contributed by atoms with Crippen molar-refractivity contribution in [3.63, 3.8) is 0 Å². The van der Waals surface area contributed by atoms with E-state index in [0.717, 1.165) is 103 Å². The summed E-state index contributed by atoms with van der Waals surface area (Å²) in [6.45, 7) is 6.40. The molecule has 0 heterocycles. The van der Waals surface area contributed by atoms with Gasteiger partial charge in [0.15, 0.2) is 6.10 Å². The highest BCUT2D eigenvalue weighted by Crippen LogP contribution is 2.17. The highest BCUT2D eigenvalue weighted by Gasteiger charge is 2.19. The van der Waals surface area contributed by atoms with Crippen LogP contribution in [0.4, 0.5) is 0 Å². The van der Waals surface area contributed by atoms with E-state index >= 15 is 0 Å². The molecule has 0 amide bonds. The molecule has 0 aromatic rings. The van der Waals surface area contributed by atoms with Crippen LogP contribution in [-0.4, -0.2) is 37.2 Å². The van der Waals surface area contributed by atoms with Gasteiger partial charge in [-0.15, -0.1) is 0 Å². The van der Waals surface area contributed by atoms with E-state index in [-0.39, 0.29) is 37.5 Å². The molecule has 448 valence electrons. The summed E-state index contributed by atoms with van der Waals surface area (Å²) in [6, 6.07) is 0. The molecular weight excluding hydrogens is 961 g/mol. The van der Waals surface area contributed by atoms with Gasteiger partial charge in [-0.1, -0.05) is 311 Å². The number of carbonyl (C=O) groups excluding carboxylic acids is 3. The lowest BCUT2D eigenvalue weighted by Crippen LogP contribution is -2.30. The summed E-state index contributed by atoms with van der Waals surface area (Å²) in [5.74, 6) is -0.958. The third-order valence-electron chi connectivity index (χ3n) is 14.3. The van der Waals surface area contributed by atoms with Gasteiger partial charge in [0.1, 0.15) is 13.2 Å². The van der Waals surface area contributed by atoms with Gasteiger partial charge in [-0.25, -0.2) is 0 Å². The van der Waals surface area contributed by atoms with E-state index in [1.165, 1.54) is 173 Å². The van der Waals surface area contributed by atoms with Crippen molar-refractivity contribution in [2.45, 2.75) is 329 Å². The Hall–Kier alpha value is -3.67. The zero-order valence-electron chi connectivity index (χ0n) is 51.4. The summed E-state index contributed by atoms with van der Waals surface area (Å²) in [5, 5.41) is 0. The number of ether oxygens (including phenoxy) is 3. The van der Waals surface area contributed by atoms with E-state index in [4.69, 9.17) is 14.2 Å². The topological polar surface area (TPSA) is 78.9 Å². The van der Waals surface area contributed by atoms with Gasteiger partial charge in [-0.05, 0) is 89.9 Å². The van der Waals surface area contributed by atoms with Gasteiger partial charge in [0.05, 0.1) is 0 Å². The Morgan fingerprint density at radius 3 is 0.821 bits per heavy atom. The molecule has 1 unspecified atom stereocenters. The van der Waals surface area contributed by atoms with Crippen molar-refractivity contribution < 1.29 is 28.6 Å². The zero-order valence-corrected chi connectivity index (χ0v) is 51.4. The molecule has 0 N–H and O–H groups in total. The standard InChI is InChI=1S/C72H124O6/c1-4-7-10-13-16-19-22-25-28-31-32-33-34-35-36-37-38-39-42-44-47-50-53-56-59-62-65-71(74)77-68-69(78-72(75)66-63-60-57-54-51-48-45-41-30-27-24-21-18-15-12-9-6-3)67-76-70(73)64-61-58-55-52-49-46-43-40-29-26-23-20-17-14-11-8-5-2/h8-9,11-12,17-18,20-21,26-27,29-30,45,48,54,57,69H,4-7,10,13-16,19,22-25,28,31-44,46-47,49-53,55-56,58-68H2,1-3H3/b11-8-,12-9-,20-17-,21-18-,29-26-,30-27-,48-45-,57-54-. The summed E-state index contributed by atoms with van der Waals surface area (Å²) in [5.41, 5.74) is 0. The molecule has 0 spiro atoms. The second-order valence-corrected chi connectivity index (χ2v) is 22.0. The molecule has 6 heteroatoms. The van der Waals surface area contributed by atoms with E-state index in [1.54, 1.807) is 0 Å². The molecule has 0 fully saturated rings. The molecular formula is C72H124O6. The molecule has 0 aliphatic rings. The number of unbranched alkanes of at least 4 members (excludes halogenated alkanes) is 33. The van der Waals surface area contributed by atoms with Gasteiger partial charge in [0, 0.05) is 19.3 Å². The number of allylic oxidation sites excluding steroid dienone is 16. The quantitative estimate of drug-likeness (QED) is 0.0261. The molecule has 6 nitrogen and oxygen atoms in total. The van der Waals surface area contributed by atoms with Crippen LogP contribution in [0.5, 0.6) is 0 Å². The van der Waals surface area contributed by atoms with Crippen LogP contribution in [0.25, 0.3) is 0 Å². The minimum atomic E-state index is -0.813. The van der Waals surface area contributed by atoms with E-state index in [9.17, 15) is 14.4 Å². The van der Waals surface area contributed by atoms with Crippen molar-refractivity contribution in [3.05, 3.63) is 97.2 Å². The lowest BCUT2D eigenvalue weighted by molar-refractivity contribution is -0.167. The number of hydrogen-bond donors (Lipinski definition) is 0. The molecule has 0 saturated carbocycles. The molecule has 0 rings (SSSR count). The van der Waals surface area contributed by atoms with Gasteiger partial charge in [-0.2, -0.15) is 0 Å². The highest BCUT2D eigenvalue weighted by molar-refractivity contribution is 5.71. The zero-order chi connectivity index (χ0) is 56.4. The second kappa shape index (κ2) is 65.8. The van der Waals surface area contributed by atoms with Gasteiger partial charge >= 0.3 is 17.9 Å². The van der Waals surface area contributed by atoms with Crippen molar-refractivity contribution in [1.29, 1.82) is 0 Å². The Morgan fingerprint density at radius 2 is 0.513 bits per heavy atom. The molecule has 0 aromatic heterocycles.